The van der Waals surface area contributed by atoms with E-state index in [9.17, 15) is 0 Å². The zero-order chi connectivity index (χ0) is 3.54. The van der Waals surface area contributed by atoms with Crippen LogP contribution in [0.2, 0.25) is 0 Å². The molecule has 0 unspecified atom stereocenters. The first-order valence-corrected chi connectivity index (χ1v) is 2.08. The molecule has 0 radical (unpaired) electrons. The van der Waals surface area contributed by atoms with Crippen LogP contribution in [0.1, 0.15) is 12.8 Å². The molecule has 0 aliphatic carbocycles. The van der Waals surface area contributed by atoms with Gasteiger partial charge < -0.3 is 4.74 Å². The van der Waals surface area contributed by atoms with Crippen LogP contribution in [0, 0.1) is 0 Å². The molecule has 1 saturated heterocycles. The molecule has 0 N–H and O–H groups in total. The van der Waals surface area contributed by atoms with Crippen LogP contribution in [0.4, 0.5) is 0 Å². The monoisotopic (exact) mass is 148 g/mol. The molecule has 1 heterocycles. The van der Waals surface area contributed by atoms with E-state index in [4.69, 9.17) is 4.74 Å². The van der Waals surface area contributed by atoms with Crippen molar-refractivity contribution in [2.24, 2.45) is 0 Å². The molecule has 0 aromatic carbocycles. The van der Waals surface area contributed by atoms with Crippen molar-refractivity contribution in [2.45, 2.75) is 12.8 Å². The summed E-state index contributed by atoms with van der Waals surface area (Å²) in [6.45, 7) is 2.00. The van der Waals surface area contributed by atoms with Crippen molar-refractivity contribution < 1.29 is 4.74 Å². The van der Waals surface area contributed by atoms with Crippen molar-refractivity contribution in [3.05, 3.63) is 0 Å². The zero-order valence-electron chi connectivity index (χ0n) is 4.24. The predicted octanol–water partition coefficient (Wildman–Crippen LogP) is 0.374. The molecule has 0 saturated carbocycles. The Morgan fingerprint density at radius 2 is 1.25 bits per heavy atom. The predicted molar refractivity (Wildman–Crippen MR) is 48.0 cm³/mol. The maximum absolute atomic E-state index is 4.94. The Hall–Kier alpha value is 1.26. The summed E-state index contributed by atoms with van der Waals surface area (Å²) in [4.78, 5) is 0. The molecular formula is C4H13LiOS2. The van der Waals surface area contributed by atoms with Gasteiger partial charge in [-0.1, -0.05) is 0 Å². The third-order valence-corrected chi connectivity index (χ3v) is 0.827. The Bertz CT molecular complexity index is 25.6. The molecule has 8 heavy (non-hydrogen) atoms. The van der Waals surface area contributed by atoms with Crippen molar-refractivity contribution in [2.75, 3.05) is 13.2 Å². The molecule has 1 aliphatic heterocycles. The molecule has 1 nitrogen and oxygen atoms in total. The molecule has 4 heteroatoms. The van der Waals surface area contributed by atoms with Gasteiger partial charge in [-0.3, -0.25) is 0 Å². The first kappa shape index (κ1) is 16.1. The summed E-state index contributed by atoms with van der Waals surface area (Å²) in [6, 6.07) is 0. The summed E-state index contributed by atoms with van der Waals surface area (Å²) in [5, 5.41) is 0. The summed E-state index contributed by atoms with van der Waals surface area (Å²) >= 11 is 0. The second-order valence-corrected chi connectivity index (χ2v) is 1.32. The van der Waals surface area contributed by atoms with Crippen molar-refractivity contribution >= 4 is 45.9 Å². The van der Waals surface area contributed by atoms with E-state index < -0.39 is 0 Å². The van der Waals surface area contributed by atoms with Gasteiger partial charge in [0, 0.05) is 13.2 Å². The van der Waals surface area contributed by atoms with Gasteiger partial charge in [0.1, 0.15) is 0 Å². The third-order valence-electron chi connectivity index (χ3n) is 0.827. The normalized spacial score (nSPS) is 15.0. The zero-order valence-corrected chi connectivity index (χ0v) is 6.24. The Labute approximate surface area is 76.6 Å². The molecule has 0 amide bonds. The van der Waals surface area contributed by atoms with E-state index in [0.717, 1.165) is 13.2 Å². The van der Waals surface area contributed by atoms with Crippen LogP contribution in [0.5, 0.6) is 0 Å². The van der Waals surface area contributed by atoms with Crippen LogP contribution in [0.3, 0.4) is 0 Å². The van der Waals surface area contributed by atoms with Crippen LogP contribution in [0.25, 0.3) is 0 Å². The summed E-state index contributed by atoms with van der Waals surface area (Å²) in [5.41, 5.74) is 0. The first-order valence-electron chi connectivity index (χ1n) is 2.08. The minimum absolute atomic E-state index is 0. The fourth-order valence-electron chi connectivity index (χ4n) is 0.510. The number of hydrogen-bond acceptors (Lipinski definition) is 1. The van der Waals surface area contributed by atoms with Crippen LogP contribution in [-0.2, 0) is 4.74 Å². The quantitative estimate of drug-likeness (QED) is 0.451. The van der Waals surface area contributed by atoms with Crippen molar-refractivity contribution in [3.8, 4) is 0 Å². The van der Waals surface area contributed by atoms with Crippen molar-refractivity contribution in [1.82, 2.24) is 0 Å². The van der Waals surface area contributed by atoms with E-state index >= 15 is 0 Å². The molecule has 0 atom stereocenters. The second kappa shape index (κ2) is 11.1. The second-order valence-electron chi connectivity index (χ2n) is 1.32. The van der Waals surface area contributed by atoms with Gasteiger partial charge in [-0.15, -0.1) is 0 Å². The fraction of sp³-hybridized carbons (Fsp3) is 1.00. The molecule has 1 fully saturated rings. The summed E-state index contributed by atoms with van der Waals surface area (Å²) in [7, 11) is 0. The van der Waals surface area contributed by atoms with Gasteiger partial charge in [-0.05, 0) is 12.8 Å². The Morgan fingerprint density at radius 1 is 0.875 bits per heavy atom. The first-order chi connectivity index (χ1) is 2.50. The molecule has 0 aromatic heterocycles. The summed E-state index contributed by atoms with van der Waals surface area (Å²) in [6.07, 6.45) is 2.56. The summed E-state index contributed by atoms with van der Waals surface area (Å²) < 4.78 is 4.94. The Kier molecular flexibility index (Phi) is 22.4. The topological polar surface area (TPSA) is 9.23 Å². The molecule has 1 rings (SSSR count). The molecular weight excluding hydrogens is 135 g/mol. The fourth-order valence-corrected chi connectivity index (χ4v) is 0.510. The van der Waals surface area contributed by atoms with Gasteiger partial charge >= 0.3 is 18.9 Å². The average Bonchev–Trinajstić information content (AvgIpc) is 1.76. The standard InChI is InChI=1S/C4H8O.Li.2H2S.H/c1-2-4-5-3-1;;;;/h1-4H2;;2*1H2;. The van der Waals surface area contributed by atoms with Crippen LogP contribution < -0.4 is 0 Å². The molecule has 1 aliphatic rings. The van der Waals surface area contributed by atoms with Gasteiger partial charge in [0.2, 0.25) is 0 Å². The van der Waals surface area contributed by atoms with Crippen molar-refractivity contribution in [1.29, 1.82) is 0 Å². The molecule has 48 valence electrons. The van der Waals surface area contributed by atoms with E-state index in [1.54, 1.807) is 0 Å². The molecule has 0 aromatic rings. The molecule has 0 bridgehead atoms. The Balaban J connectivity index is -0.0000000833. The van der Waals surface area contributed by atoms with Gasteiger partial charge in [-0.25, -0.2) is 0 Å². The van der Waals surface area contributed by atoms with Crippen LogP contribution in [-0.4, -0.2) is 32.1 Å². The SMILES string of the molecule is C1CCOC1.S.S.[LiH]. The molecule has 0 spiro atoms. The van der Waals surface area contributed by atoms with Gasteiger partial charge in [-0.2, -0.15) is 27.0 Å². The van der Waals surface area contributed by atoms with Crippen LogP contribution in [0.15, 0.2) is 0 Å². The Morgan fingerprint density at radius 3 is 1.38 bits per heavy atom. The van der Waals surface area contributed by atoms with E-state index in [1.807, 2.05) is 0 Å². The number of ether oxygens (including phenoxy) is 1. The van der Waals surface area contributed by atoms with Gasteiger partial charge in [0.25, 0.3) is 0 Å². The van der Waals surface area contributed by atoms with Crippen LogP contribution >= 0.6 is 27.0 Å². The van der Waals surface area contributed by atoms with E-state index in [1.165, 1.54) is 12.8 Å². The number of rotatable bonds is 0. The summed E-state index contributed by atoms with van der Waals surface area (Å²) in [5.74, 6) is 0. The third kappa shape index (κ3) is 7.26. The van der Waals surface area contributed by atoms with E-state index in [-0.39, 0.29) is 45.9 Å². The van der Waals surface area contributed by atoms with Gasteiger partial charge in [0.15, 0.2) is 0 Å². The average molecular weight is 148 g/mol. The van der Waals surface area contributed by atoms with E-state index in [0.29, 0.717) is 0 Å². The van der Waals surface area contributed by atoms with Gasteiger partial charge in [0.05, 0.1) is 0 Å². The number of hydrogen-bond donors (Lipinski definition) is 0. The maximum atomic E-state index is 4.94. The minimum atomic E-state index is 0. The van der Waals surface area contributed by atoms with Crippen molar-refractivity contribution in [3.63, 3.8) is 0 Å². The van der Waals surface area contributed by atoms with E-state index in [2.05, 4.69) is 0 Å².